The van der Waals surface area contributed by atoms with Gasteiger partial charge in [-0.1, -0.05) is 0 Å². The lowest BCUT2D eigenvalue weighted by Gasteiger charge is -2.24. The first-order chi connectivity index (χ1) is 10.4. The van der Waals surface area contributed by atoms with Crippen LogP contribution < -0.4 is 10.2 Å². The smallest absolute Gasteiger partial charge is 0.130 e. The van der Waals surface area contributed by atoms with E-state index in [1.165, 1.54) is 16.9 Å². The van der Waals surface area contributed by atoms with Gasteiger partial charge in [-0.05, 0) is 43.4 Å². The molecule has 5 nitrogen and oxygen atoms in total. The number of aryl methyl sites for hydroxylation is 2. The minimum atomic E-state index is 0.394. The molecule has 0 saturated heterocycles. The molecule has 22 heavy (non-hydrogen) atoms. The average Bonchev–Trinajstić information content (AvgIpc) is 3.02. The molecule has 0 aliphatic rings. The molecule has 2 heterocycles. The van der Waals surface area contributed by atoms with Gasteiger partial charge in [-0.3, -0.25) is 4.68 Å². The van der Waals surface area contributed by atoms with Crippen molar-refractivity contribution in [2.45, 2.75) is 19.5 Å². The van der Waals surface area contributed by atoms with Gasteiger partial charge in [0.1, 0.15) is 5.82 Å². The van der Waals surface area contributed by atoms with Crippen LogP contribution in [0.2, 0.25) is 0 Å². The van der Waals surface area contributed by atoms with Gasteiger partial charge in [0.2, 0.25) is 0 Å². The Morgan fingerprint density at radius 3 is 2.59 bits per heavy atom. The molecule has 0 bridgehead atoms. The van der Waals surface area contributed by atoms with E-state index in [1.54, 1.807) is 11.3 Å². The van der Waals surface area contributed by atoms with Crippen LogP contribution in [0.5, 0.6) is 0 Å². The third-order valence-electron chi connectivity index (χ3n) is 3.93. The Morgan fingerprint density at radius 2 is 2.05 bits per heavy atom. The predicted molar refractivity (Wildman–Crippen MR) is 94.7 cm³/mol. The van der Waals surface area contributed by atoms with Crippen molar-refractivity contribution >= 4 is 17.2 Å². The van der Waals surface area contributed by atoms with Gasteiger partial charge >= 0.3 is 0 Å². The Kier molecular flexibility index (Phi) is 5.61. The summed E-state index contributed by atoms with van der Waals surface area (Å²) in [4.78, 5) is 4.39. The first-order valence-corrected chi connectivity index (χ1v) is 8.45. The molecule has 2 aromatic heterocycles. The molecule has 2 rings (SSSR count). The quantitative estimate of drug-likeness (QED) is 0.848. The first-order valence-electron chi connectivity index (χ1n) is 7.50. The maximum absolute atomic E-state index is 4.54. The van der Waals surface area contributed by atoms with Crippen LogP contribution in [-0.2, 0) is 13.6 Å². The molecule has 1 N–H and O–H groups in total. The first kappa shape index (κ1) is 17.0. The van der Waals surface area contributed by atoms with Crippen molar-refractivity contribution in [1.82, 2.24) is 20.0 Å². The van der Waals surface area contributed by atoms with Crippen molar-refractivity contribution in [1.29, 1.82) is 0 Å². The lowest BCUT2D eigenvalue weighted by atomic mass is 10.1. The van der Waals surface area contributed by atoms with E-state index >= 15 is 0 Å². The third kappa shape index (κ3) is 3.69. The van der Waals surface area contributed by atoms with E-state index in [2.05, 4.69) is 72.2 Å². The molecule has 0 aromatic carbocycles. The van der Waals surface area contributed by atoms with Gasteiger partial charge in [-0.2, -0.15) is 16.4 Å². The van der Waals surface area contributed by atoms with Crippen LogP contribution in [-0.4, -0.2) is 49.4 Å². The summed E-state index contributed by atoms with van der Waals surface area (Å²) in [6, 6.07) is 2.60. The Morgan fingerprint density at radius 1 is 1.32 bits per heavy atom. The summed E-state index contributed by atoms with van der Waals surface area (Å²) < 4.78 is 1.95. The number of thiophene rings is 1. The van der Waals surface area contributed by atoms with Gasteiger partial charge in [0.15, 0.2) is 0 Å². The summed E-state index contributed by atoms with van der Waals surface area (Å²) in [5, 5.41) is 12.5. The molecule has 1 atom stereocenters. The summed E-state index contributed by atoms with van der Waals surface area (Å²) in [5.74, 6) is 1.17. The van der Waals surface area contributed by atoms with Crippen molar-refractivity contribution in [3.63, 3.8) is 0 Å². The van der Waals surface area contributed by atoms with Crippen molar-refractivity contribution in [2.75, 3.05) is 39.6 Å². The van der Waals surface area contributed by atoms with Crippen LogP contribution in [0.15, 0.2) is 16.8 Å². The third-order valence-corrected chi connectivity index (χ3v) is 4.63. The molecule has 2 aromatic rings. The van der Waals surface area contributed by atoms with Crippen molar-refractivity contribution < 1.29 is 0 Å². The van der Waals surface area contributed by atoms with Gasteiger partial charge in [-0.25, -0.2) is 0 Å². The molecule has 0 spiro atoms. The van der Waals surface area contributed by atoms with Gasteiger partial charge in [-0.15, -0.1) is 0 Å². The largest absolute Gasteiger partial charge is 0.363 e. The maximum Gasteiger partial charge on any atom is 0.130 e. The second-order valence-electron chi connectivity index (χ2n) is 6.07. The average molecular weight is 321 g/mol. The van der Waals surface area contributed by atoms with Gasteiger partial charge < -0.3 is 15.1 Å². The zero-order valence-electron chi connectivity index (χ0n) is 14.4. The highest BCUT2D eigenvalue weighted by molar-refractivity contribution is 7.07. The van der Waals surface area contributed by atoms with Crippen LogP contribution >= 0.6 is 11.3 Å². The summed E-state index contributed by atoms with van der Waals surface area (Å²) in [6.45, 7) is 3.83. The number of likely N-dealkylation sites (N-methyl/N-ethyl adjacent to an activating group) is 1. The number of rotatable bonds is 7. The molecule has 122 valence electrons. The van der Waals surface area contributed by atoms with Crippen molar-refractivity contribution in [2.24, 2.45) is 7.05 Å². The molecule has 0 unspecified atom stereocenters. The second-order valence-corrected chi connectivity index (χ2v) is 6.85. The van der Waals surface area contributed by atoms with Crippen molar-refractivity contribution in [3.8, 4) is 0 Å². The molecule has 0 aliphatic carbocycles. The molecule has 0 fully saturated rings. The number of nitrogens with one attached hydrogen (secondary N) is 1. The zero-order valence-corrected chi connectivity index (χ0v) is 15.2. The lowest BCUT2D eigenvalue weighted by molar-refractivity contribution is 0.289. The Balaban J connectivity index is 2.04. The van der Waals surface area contributed by atoms with E-state index in [0.717, 1.165) is 18.8 Å². The molecule has 6 heteroatoms. The van der Waals surface area contributed by atoms with E-state index in [4.69, 9.17) is 0 Å². The fraction of sp³-hybridized carbons (Fsp3) is 0.562. The van der Waals surface area contributed by atoms with Gasteiger partial charge in [0.25, 0.3) is 0 Å². The Bertz CT molecular complexity index is 586. The molecule has 0 amide bonds. The van der Waals surface area contributed by atoms with E-state index in [0.29, 0.717) is 6.04 Å². The summed E-state index contributed by atoms with van der Waals surface area (Å²) >= 11 is 1.75. The Hall–Kier alpha value is -1.37. The van der Waals surface area contributed by atoms with Gasteiger partial charge in [0.05, 0.1) is 5.69 Å². The normalized spacial score (nSPS) is 12.9. The number of hydrogen-bond donors (Lipinski definition) is 1. The van der Waals surface area contributed by atoms with Crippen LogP contribution in [0.4, 0.5) is 5.82 Å². The molecule has 0 radical (unpaired) electrons. The van der Waals surface area contributed by atoms with E-state index in [1.807, 2.05) is 11.7 Å². The van der Waals surface area contributed by atoms with E-state index in [9.17, 15) is 0 Å². The highest BCUT2D eigenvalue weighted by atomic mass is 32.1. The number of nitrogens with zero attached hydrogens (tertiary/aromatic N) is 4. The maximum atomic E-state index is 4.54. The lowest BCUT2D eigenvalue weighted by Crippen LogP contribution is -2.31. The van der Waals surface area contributed by atoms with Gasteiger partial charge in [0, 0.05) is 45.8 Å². The topological polar surface area (TPSA) is 36.3 Å². The van der Waals surface area contributed by atoms with E-state index in [-0.39, 0.29) is 0 Å². The second kappa shape index (κ2) is 7.26. The molecule has 0 saturated carbocycles. The number of hydrogen-bond acceptors (Lipinski definition) is 5. The Labute approximate surface area is 137 Å². The van der Waals surface area contributed by atoms with Crippen LogP contribution in [0.3, 0.4) is 0 Å². The molecule has 0 aliphatic heterocycles. The van der Waals surface area contributed by atoms with Crippen LogP contribution in [0, 0.1) is 6.92 Å². The fourth-order valence-corrected chi connectivity index (χ4v) is 3.56. The molecular weight excluding hydrogens is 294 g/mol. The van der Waals surface area contributed by atoms with Crippen LogP contribution in [0.25, 0.3) is 0 Å². The van der Waals surface area contributed by atoms with Crippen molar-refractivity contribution in [3.05, 3.63) is 33.6 Å². The SMILES string of the molecule is Cc1nn(C)c(N(C)C)c1CNC[C@@H](c1ccsc1)N(C)C. The standard InChI is InChI=1S/C16H27N5S/c1-12-14(16(20(4)5)21(6)18-12)9-17-10-15(19(2)3)13-7-8-22-11-13/h7-8,11,15,17H,9-10H2,1-6H3/t15-/m0/s1. The predicted octanol–water partition coefficient (Wildman–Crippen LogP) is 2.25. The monoisotopic (exact) mass is 321 g/mol. The van der Waals surface area contributed by atoms with Crippen LogP contribution in [0.1, 0.15) is 22.9 Å². The summed E-state index contributed by atoms with van der Waals surface area (Å²) in [7, 11) is 10.4. The molecular formula is C16H27N5S. The summed E-state index contributed by atoms with van der Waals surface area (Å²) in [6.07, 6.45) is 0. The summed E-state index contributed by atoms with van der Waals surface area (Å²) in [5.41, 5.74) is 3.74. The van der Waals surface area contributed by atoms with E-state index < -0.39 is 0 Å². The highest BCUT2D eigenvalue weighted by Gasteiger charge is 2.17. The minimum absolute atomic E-state index is 0.394. The minimum Gasteiger partial charge on any atom is -0.363 e. The fourth-order valence-electron chi connectivity index (χ4n) is 2.85. The zero-order chi connectivity index (χ0) is 16.3. The highest BCUT2D eigenvalue weighted by Crippen LogP contribution is 2.23. The number of anilines is 1. The number of aromatic nitrogens is 2.